The minimum absolute atomic E-state index is 0.0576. The molecule has 0 saturated heterocycles. The van der Waals surface area contributed by atoms with Crippen LogP contribution in [0.3, 0.4) is 0 Å². The van der Waals surface area contributed by atoms with Crippen LogP contribution in [0.15, 0.2) is 22.8 Å². The molecule has 0 aliphatic heterocycles. The highest BCUT2D eigenvalue weighted by Crippen LogP contribution is 2.25. The van der Waals surface area contributed by atoms with Crippen molar-refractivity contribution in [3.8, 4) is 0 Å². The number of carbonyl (C=O) groups is 2. The number of carbonyl (C=O) groups excluding carboxylic acids is 2. The van der Waals surface area contributed by atoms with Crippen molar-refractivity contribution in [2.45, 2.75) is 20.8 Å². The molecule has 8 heteroatoms. The van der Waals surface area contributed by atoms with Gasteiger partial charge in [-0.3, -0.25) is 9.59 Å². The van der Waals surface area contributed by atoms with Gasteiger partial charge in [0.25, 0.3) is 5.91 Å². The van der Waals surface area contributed by atoms with Crippen LogP contribution in [0.5, 0.6) is 0 Å². The standard InChI is InChI=1S/C15H15N5O3/c1-7-8(2)16-12-10(7)5-4-6-11(12)15(22)18-14-13(17-9(3)21)19-23-20-14/h4-6,16H,1-3H3,(H,17,19,21)(H,18,20,22). The fourth-order valence-electron chi connectivity index (χ4n) is 2.37. The fourth-order valence-corrected chi connectivity index (χ4v) is 2.37. The summed E-state index contributed by atoms with van der Waals surface area (Å²) in [6.07, 6.45) is 0. The highest BCUT2D eigenvalue weighted by molar-refractivity contribution is 6.13. The Balaban J connectivity index is 1.94. The van der Waals surface area contributed by atoms with Crippen LogP contribution >= 0.6 is 0 Å². The van der Waals surface area contributed by atoms with Crippen molar-refractivity contribution in [2.24, 2.45) is 0 Å². The number of aryl methyl sites for hydroxylation is 2. The number of aromatic amines is 1. The SMILES string of the molecule is CC(=O)Nc1nonc1NC(=O)c1cccc2c(C)c(C)[nH]c12. The third-order valence-corrected chi connectivity index (χ3v) is 3.60. The number of aromatic nitrogens is 3. The first-order valence-electron chi connectivity index (χ1n) is 6.96. The average Bonchev–Trinajstić information content (AvgIpc) is 3.04. The Labute approximate surface area is 131 Å². The molecular weight excluding hydrogens is 298 g/mol. The second-order valence-corrected chi connectivity index (χ2v) is 5.20. The van der Waals surface area contributed by atoms with Gasteiger partial charge in [0.1, 0.15) is 0 Å². The average molecular weight is 313 g/mol. The van der Waals surface area contributed by atoms with Crippen LogP contribution < -0.4 is 10.6 Å². The normalized spacial score (nSPS) is 10.7. The van der Waals surface area contributed by atoms with Crippen LogP contribution in [0.2, 0.25) is 0 Å². The number of rotatable bonds is 3. The molecule has 0 aliphatic carbocycles. The van der Waals surface area contributed by atoms with Gasteiger partial charge in [-0.05, 0) is 35.8 Å². The molecule has 0 saturated carbocycles. The van der Waals surface area contributed by atoms with E-state index in [9.17, 15) is 9.59 Å². The maximum atomic E-state index is 12.5. The monoisotopic (exact) mass is 313 g/mol. The number of anilines is 2. The van der Waals surface area contributed by atoms with Gasteiger partial charge in [0.2, 0.25) is 17.5 Å². The van der Waals surface area contributed by atoms with Gasteiger partial charge < -0.3 is 15.6 Å². The molecule has 0 atom stereocenters. The smallest absolute Gasteiger partial charge is 0.259 e. The number of hydrogen-bond acceptors (Lipinski definition) is 5. The maximum Gasteiger partial charge on any atom is 0.259 e. The van der Waals surface area contributed by atoms with Crippen LogP contribution in [-0.4, -0.2) is 27.1 Å². The summed E-state index contributed by atoms with van der Waals surface area (Å²) in [5, 5.41) is 13.1. The quantitative estimate of drug-likeness (QED) is 0.687. The molecular formula is C15H15N5O3. The molecule has 0 radical (unpaired) electrons. The minimum atomic E-state index is -0.376. The van der Waals surface area contributed by atoms with Crippen LogP contribution in [0.1, 0.15) is 28.5 Å². The highest BCUT2D eigenvalue weighted by atomic mass is 16.6. The molecule has 2 aromatic heterocycles. The van der Waals surface area contributed by atoms with Gasteiger partial charge in [0.15, 0.2) is 0 Å². The Bertz CT molecular complexity index is 909. The van der Waals surface area contributed by atoms with E-state index in [1.165, 1.54) is 6.92 Å². The van der Waals surface area contributed by atoms with Crippen molar-refractivity contribution < 1.29 is 14.2 Å². The maximum absolute atomic E-state index is 12.5. The molecule has 2 amide bonds. The summed E-state index contributed by atoms with van der Waals surface area (Å²) < 4.78 is 4.56. The molecule has 118 valence electrons. The van der Waals surface area contributed by atoms with Gasteiger partial charge in [-0.2, -0.15) is 0 Å². The first kappa shape index (κ1) is 14.8. The summed E-state index contributed by atoms with van der Waals surface area (Å²) >= 11 is 0. The number of para-hydroxylation sites is 1. The number of fused-ring (bicyclic) bond motifs is 1. The Morgan fingerprint density at radius 3 is 2.52 bits per heavy atom. The van der Waals surface area contributed by atoms with Gasteiger partial charge in [0.05, 0.1) is 11.1 Å². The molecule has 3 N–H and O–H groups in total. The van der Waals surface area contributed by atoms with Crippen LogP contribution in [0.4, 0.5) is 11.6 Å². The highest BCUT2D eigenvalue weighted by Gasteiger charge is 2.18. The van der Waals surface area contributed by atoms with E-state index in [4.69, 9.17) is 0 Å². The number of H-pyrrole nitrogens is 1. The van der Waals surface area contributed by atoms with E-state index < -0.39 is 0 Å². The lowest BCUT2D eigenvalue weighted by Gasteiger charge is -2.04. The Morgan fingerprint density at radius 2 is 1.83 bits per heavy atom. The van der Waals surface area contributed by atoms with Crippen molar-refractivity contribution in [1.82, 2.24) is 15.3 Å². The van der Waals surface area contributed by atoms with Crippen molar-refractivity contribution in [3.05, 3.63) is 35.0 Å². The molecule has 3 rings (SSSR count). The lowest BCUT2D eigenvalue weighted by atomic mass is 10.1. The summed E-state index contributed by atoms with van der Waals surface area (Å²) in [4.78, 5) is 26.8. The zero-order valence-electron chi connectivity index (χ0n) is 12.9. The lowest BCUT2D eigenvalue weighted by Crippen LogP contribution is -2.15. The van der Waals surface area contributed by atoms with Gasteiger partial charge in [-0.1, -0.05) is 12.1 Å². The minimum Gasteiger partial charge on any atom is -0.358 e. The largest absolute Gasteiger partial charge is 0.358 e. The van der Waals surface area contributed by atoms with E-state index in [0.717, 1.165) is 22.2 Å². The summed E-state index contributed by atoms with van der Waals surface area (Å²) in [7, 11) is 0. The predicted octanol–water partition coefficient (Wildman–Crippen LogP) is 2.38. The number of benzene rings is 1. The van der Waals surface area contributed by atoms with Crippen molar-refractivity contribution in [3.63, 3.8) is 0 Å². The molecule has 1 aromatic carbocycles. The number of nitrogens with zero attached hydrogens (tertiary/aromatic N) is 2. The second-order valence-electron chi connectivity index (χ2n) is 5.20. The third kappa shape index (κ3) is 2.66. The third-order valence-electron chi connectivity index (χ3n) is 3.60. The predicted molar refractivity (Wildman–Crippen MR) is 84.3 cm³/mol. The molecule has 0 aliphatic rings. The van der Waals surface area contributed by atoms with E-state index in [-0.39, 0.29) is 23.5 Å². The van der Waals surface area contributed by atoms with Crippen LogP contribution in [-0.2, 0) is 4.79 Å². The first-order chi connectivity index (χ1) is 11.0. The Hall–Kier alpha value is -3.16. The van der Waals surface area contributed by atoms with E-state index >= 15 is 0 Å². The summed E-state index contributed by atoms with van der Waals surface area (Å²) in [6.45, 7) is 5.27. The number of nitrogens with one attached hydrogen (secondary N) is 3. The summed E-state index contributed by atoms with van der Waals surface area (Å²) in [5.74, 6) is -0.591. The van der Waals surface area contributed by atoms with E-state index in [2.05, 4.69) is 30.6 Å². The van der Waals surface area contributed by atoms with Gasteiger partial charge in [0, 0.05) is 18.0 Å². The van der Waals surface area contributed by atoms with E-state index in [1.807, 2.05) is 26.0 Å². The van der Waals surface area contributed by atoms with Crippen molar-refractivity contribution in [1.29, 1.82) is 0 Å². The summed E-state index contributed by atoms with van der Waals surface area (Å²) in [5.41, 5.74) is 3.31. The van der Waals surface area contributed by atoms with E-state index in [1.54, 1.807) is 6.07 Å². The zero-order valence-corrected chi connectivity index (χ0v) is 12.9. The van der Waals surface area contributed by atoms with Crippen LogP contribution in [0, 0.1) is 13.8 Å². The van der Waals surface area contributed by atoms with Gasteiger partial charge in [-0.15, -0.1) is 0 Å². The van der Waals surface area contributed by atoms with Gasteiger partial charge in [-0.25, -0.2) is 4.63 Å². The second kappa shape index (κ2) is 5.56. The van der Waals surface area contributed by atoms with Crippen molar-refractivity contribution >= 4 is 34.4 Å². The Kier molecular flexibility index (Phi) is 3.57. The number of amides is 2. The molecule has 0 spiro atoms. The molecule has 2 heterocycles. The number of hydrogen-bond donors (Lipinski definition) is 3. The Morgan fingerprint density at radius 1 is 1.13 bits per heavy atom. The fraction of sp³-hybridized carbons (Fsp3) is 0.200. The summed E-state index contributed by atoms with van der Waals surface area (Å²) in [6, 6.07) is 5.47. The first-order valence-corrected chi connectivity index (χ1v) is 6.96. The van der Waals surface area contributed by atoms with Crippen molar-refractivity contribution in [2.75, 3.05) is 10.6 Å². The molecule has 0 unspecified atom stereocenters. The molecule has 3 aromatic rings. The molecule has 0 fully saturated rings. The lowest BCUT2D eigenvalue weighted by molar-refractivity contribution is -0.114. The topological polar surface area (TPSA) is 113 Å². The van der Waals surface area contributed by atoms with E-state index in [0.29, 0.717) is 5.56 Å². The molecule has 8 nitrogen and oxygen atoms in total. The zero-order chi connectivity index (χ0) is 16.6. The van der Waals surface area contributed by atoms with Gasteiger partial charge >= 0.3 is 0 Å². The molecule has 23 heavy (non-hydrogen) atoms. The van der Waals surface area contributed by atoms with Crippen LogP contribution in [0.25, 0.3) is 10.9 Å². The molecule has 0 bridgehead atoms.